The molecule has 1 saturated heterocycles. The second kappa shape index (κ2) is 12.0. The standard InChI is InChI=1S/C22H25ClN2O7S/c23-19-9-8-17(15-20(19)33(28,29)25-10-13-30-14-11-25)24-21(26)16-32-22(27)7-4-12-31-18-5-2-1-3-6-18/h1-3,5-6,8-9,15H,4,7,10-14,16H2,(H,24,26). The van der Waals surface area contributed by atoms with Crippen LogP contribution in [0.5, 0.6) is 5.75 Å². The molecule has 11 heteroatoms. The van der Waals surface area contributed by atoms with Crippen molar-refractivity contribution >= 4 is 39.2 Å². The Labute approximate surface area is 197 Å². The largest absolute Gasteiger partial charge is 0.494 e. The zero-order valence-corrected chi connectivity index (χ0v) is 19.4. The predicted octanol–water partition coefficient (Wildman–Crippen LogP) is 2.70. The molecule has 1 aliphatic rings. The Bertz CT molecular complexity index is 1060. The topological polar surface area (TPSA) is 111 Å². The summed E-state index contributed by atoms with van der Waals surface area (Å²) in [6, 6.07) is 13.4. The van der Waals surface area contributed by atoms with E-state index in [1.165, 1.54) is 22.5 Å². The van der Waals surface area contributed by atoms with E-state index in [9.17, 15) is 18.0 Å². The quantitative estimate of drug-likeness (QED) is 0.397. The number of morpholine rings is 1. The van der Waals surface area contributed by atoms with Crippen molar-refractivity contribution in [2.45, 2.75) is 17.7 Å². The zero-order valence-electron chi connectivity index (χ0n) is 17.9. The summed E-state index contributed by atoms with van der Waals surface area (Å²) in [5.41, 5.74) is 0.226. The minimum absolute atomic E-state index is 0.0450. The summed E-state index contributed by atoms with van der Waals surface area (Å²) < 4.78 is 42.7. The number of ether oxygens (including phenoxy) is 3. The van der Waals surface area contributed by atoms with Gasteiger partial charge in [0.2, 0.25) is 10.0 Å². The Balaban J connectivity index is 1.46. The lowest BCUT2D eigenvalue weighted by atomic mass is 10.3. The minimum Gasteiger partial charge on any atom is -0.494 e. The smallest absolute Gasteiger partial charge is 0.306 e. The van der Waals surface area contributed by atoms with Crippen LogP contribution in [0.3, 0.4) is 0 Å². The lowest BCUT2D eigenvalue weighted by Gasteiger charge is -2.26. The van der Waals surface area contributed by atoms with E-state index in [2.05, 4.69) is 5.32 Å². The third-order valence-corrected chi connectivity index (χ3v) is 7.08. The van der Waals surface area contributed by atoms with Crippen molar-refractivity contribution in [1.29, 1.82) is 0 Å². The van der Waals surface area contributed by atoms with Gasteiger partial charge in [0.15, 0.2) is 6.61 Å². The average Bonchev–Trinajstić information content (AvgIpc) is 2.83. The van der Waals surface area contributed by atoms with Gasteiger partial charge in [-0.15, -0.1) is 0 Å². The number of anilines is 1. The molecule has 0 radical (unpaired) electrons. The van der Waals surface area contributed by atoms with Gasteiger partial charge in [-0.05, 0) is 36.8 Å². The average molecular weight is 497 g/mol. The summed E-state index contributed by atoms with van der Waals surface area (Å²) in [6.07, 6.45) is 0.540. The van der Waals surface area contributed by atoms with Crippen LogP contribution in [0.1, 0.15) is 12.8 Å². The van der Waals surface area contributed by atoms with Crippen molar-refractivity contribution in [3.63, 3.8) is 0 Å². The normalized spacial score (nSPS) is 14.5. The number of rotatable bonds is 10. The highest BCUT2D eigenvalue weighted by molar-refractivity contribution is 7.89. The molecule has 33 heavy (non-hydrogen) atoms. The molecule has 0 aliphatic carbocycles. The van der Waals surface area contributed by atoms with Crippen LogP contribution >= 0.6 is 11.6 Å². The lowest BCUT2D eigenvalue weighted by molar-refractivity contribution is -0.147. The summed E-state index contributed by atoms with van der Waals surface area (Å²) in [7, 11) is -3.84. The molecule has 2 aromatic rings. The highest BCUT2D eigenvalue weighted by Gasteiger charge is 2.28. The molecule has 0 bridgehead atoms. The van der Waals surface area contributed by atoms with Crippen LogP contribution in [0.2, 0.25) is 5.02 Å². The van der Waals surface area contributed by atoms with E-state index in [1.807, 2.05) is 30.3 Å². The molecule has 0 aromatic heterocycles. The SMILES string of the molecule is O=C(COC(=O)CCCOc1ccccc1)Nc1ccc(Cl)c(S(=O)(=O)N2CCOCC2)c1. The Morgan fingerprint density at radius 3 is 2.55 bits per heavy atom. The number of nitrogens with one attached hydrogen (secondary N) is 1. The van der Waals surface area contributed by atoms with Gasteiger partial charge in [-0.3, -0.25) is 9.59 Å². The number of esters is 1. The zero-order chi connectivity index (χ0) is 23.7. The van der Waals surface area contributed by atoms with E-state index in [4.69, 9.17) is 25.8 Å². The molecule has 0 spiro atoms. The van der Waals surface area contributed by atoms with Crippen molar-refractivity contribution in [3.05, 3.63) is 53.6 Å². The van der Waals surface area contributed by atoms with Gasteiger partial charge in [0.1, 0.15) is 10.6 Å². The molecule has 1 heterocycles. The van der Waals surface area contributed by atoms with E-state index < -0.39 is 28.5 Å². The first kappa shape index (κ1) is 25.0. The van der Waals surface area contributed by atoms with Crippen LogP contribution in [0.25, 0.3) is 0 Å². The summed E-state index contributed by atoms with van der Waals surface area (Å²) in [5.74, 6) is -0.419. The number of benzene rings is 2. The third kappa shape index (κ3) is 7.43. The first-order valence-electron chi connectivity index (χ1n) is 10.4. The molecule has 1 N–H and O–H groups in total. The molecule has 1 fully saturated rings. The van der Waals surface area contributed by atoms with Crippen LogP contribution in [0.4, 0.5) is 5.69 Å². The fourth-order valence-electron chi connectivity index (χ4n) is 3.04. The summed E-state index contributed by atoms with van der Waals surface area (Å²) in [5, 5.41) is 2.57. The molecule has 9 nitrogen and oxygen atoms in total. The van der Waals surface area contributed by atoms with Gasteiger partial charge in [0.05, 0.1) is 24.8 Å². The first-order chi connectivity index (χ1) is 15.9. The number of hydrogen-bond acceptors (Lipinski definition) is 7. The lowest BCUT2D eigenvalue weighted by Crippen LogP contribution is -2.40. The third-order valence-electron chi connectivity index (χ3n) is 4.70. The molecule has 3 rings (SSSR count). The van der Waals surface area contributed by atoms with Crippen molar-refractivity contribution in [3.8, 4) is 5.75 Å². The van der Waals surface area contributed by atoms with E-state index in [0.29, 0.717) is 32.0 Å². The number of hydrogen-bond donors (Lipinski definition) is 1. The molecule has 2 aromatic carbocycles. The van der Waals surface area contributed by atoms with Gasteiger partial charge in [-0.2, -0.15) is 4.31 Å². The predicted molar refractivity (Wildman–Crippen MR) is 122 cm³/mol. The van der Waals surface area contributed by atoms with Gasteiger partial charge >= 0.3 is 5.97 Å². The summed E-state index contributed by atoms with van der Waals surface area (Å²) >= 11 is 6.11. The number of para-hydroxylation sites is 1. The van der Waals surface area contributed by atoms with Gasteiger partial charge in [-0.25, -0.2) is 8.42 Å². The van der Waals surface area contributed by atoms with Gasteiger partial charge in [0.25, 0.3) is 5.91 Å². The van der Waals surface area contributed by atoms with Crippen molar-refractivity contribution in [1.82, 2.24) is 4.31 Å². The molecule has 178 valence electrons. The van der Waals surface area contributed by atoms with Crippen LogP contribution in [0.15, 0.2) is 53.4 Å². The van der Waals surface area contributed by atoms with Gasteiger partial charge < -0.3 is 19.5 Å². The maximum absolute atomic E-state index is 12.9. The maximum Gasteiger partial charge on any atom is 0.306 e. The summed E-state index contributed by atoms with van der Waals surface area (Å²) in [6.45, 7) is 0.903. The second-order valence-electron chi connectivity index (χ2n) is 7.14. The van der Waals surface area contributed by atoms with Gasteiger partial charge in [0, 0.05) is 25.2 Å². The molecule has 0 atom stereocenters. The number of halogens is 1. The highest BCUT2D eigenvalue weighted by atomic mass is 35.5. The number of carbonyl (C=O) groups is 2. The van der Waals surface area contributed by atoms with Crippen molar-refractivity contribution in [2.24, 2.45) is 0 Å². The molecule has 1 aliphatic heterocycles. The number of amides is 1. The Morgan fingerprint density at radius 2 is 1.82 bits per heavy atom. The highest BCUT2D eigenvalue weighted by Crippen LogP contribution is 2.28. The fourth-order valence-corrected chi connectivity index (χ4v) is 4.95. The van der Waals surface area contributed by atoms with E-state index in [0.717, 1.165) is 0 Å². The Hall–Kier alpha value is -2.66. The molecular weight excluding hydrogens is 472 g/mol. The number of sulfonamides is 1. The van der Waals surface area contributed by atoms with E-state index in [1.54, 1.807) is 0 Å². The number of nitrogens with zero attached hydrogens (tertiary/aromatic N) is 1. The van der Waals surface area contributed by atoms with Crippen LogP contribution in [-0.2, 0) is 29.1 Å². The van der Waals surface area contributed by atoms with E-state index >= 15 is 0 Å². The first-order valence-corrected chi connectivity index (χ1v) is 12.2. The van der Waals surface area contributed by atoms with Crippen molar-refractivity contribution in [2.75, 3.05) is 44.8 Å². The molecule has 0 saturated carbocycles. The van der Waals surface area contributed by atoms with Gasteiger partial charge in [-0.1, -0.05) is 29.8 Å². The van der Waals surface area contributed by atoms with E-state index in [-0.39, 0.29) is 35.1 Å². The fraction of sp³-hybridized carbons (Fsp3) is 0.364. The Morgan fingerprint density at radius 1 is 1.09 bits per heavy atom. The molecule has 0 unspecified atom stereocenters. The summed E-state index contributed by atoms with van der Waals surface area (Å²) in [4.78, 5) is 23.9. The van der Waals surface area contributed by atoms with Crippen LogP contribution < -0.4 is 10.1 Å². The second-order valence-corrected chi connectivity index (χ2v) is 9.45. The Kier molecular flexibility index (Phi) is 9.07. The van der Waals surface area contributed by atoms with Crippen molar-refractivity contribution < 1.29 is 32.2 Å². The maximum atomic E-state index is 12.9. The minimum atomic E-state index is -3.84. The number of carbonyl (C=O) groups excluding carboxylic acids is 2. The molecule has 1 amide bonds. The monoisotopic (exact) mass is 496 g/mol. The van der Waals surface area contributed by atoms with Crippen LogP contribution in [-0.4, -0.2) is 64.1 Å². The molecular formula is C22H25ClN2O7S. The van der Waals surface area contributed by atoms with Crippen LogP contribution in [0, 0.1) is 0 Å².